The molecule has 1 aliphatic heterocycles. The molecule has 4 heterocycles. The second-order valence-corrected chi connectivity index (χ2v) is 17.1. The zero-order valence-corrected chi connectivity index (χ0v) is 38.7. The van der Waals surface area contributed by atoms with E-state index in [0.717, 1.165) is 28.9 Å². The number of nitrogen functional groups attached to an aromatic ring is 1. The lowest BCUT2D eigenvalue weighted by Gasteiger charge is -2.21. The molecule has 1 aliphatic rings. The highest BCUT2D eigenvalue weighted by atomic mass is 32.2. The number of benzene rings is 3. The number of thiazole rings is 2. The van der Waals surface area contributed by atoms with Crippen molar-refractivity contribution in [1.29, 1.82) is 0 Å². The first-order chi connectivity index (χ1) is 32.7. The molecule has 22 heteroatoms. The number of nitrogens with two attached hydrogens (primary N) is 3. The second-order valence-electron chi connectivity index (χ2n) is 14.3. The molecule has 0 bridgehead atoms. The first kappa shape index (κ1) is 47.7. The molecule has 0 fully saturated rings. The summed E-state index contributed by atoms with van der Waals surface area (Å²) in [6, 6.07) is 23.6. The fourth-order valence-electron chi connectivity index (χ4n) is 6.14. The van der Waals surface area contributed by atoms with Crippen LogP contribution in [0.15, 0.2) is 111 Å². The molecule has 0 radical (unpaired) electrons. The number of rotatable bonds is 21. The van der Waals surface area contributed by atoms with Crippen molar-refractivity contribution in [3.63, 3.8) is 0 Å². The molecule has 0 unspecified atom stereocenters. The van der Waals surface area contributed by atoms with Gasteiger partial charge in [0.1, 0.15) is 11.4 Å². The number of carbonyl (C=O) groups is 3. The Balaban J connectivity index is 0.819. The summed E-state index contributed by atoms with van der Waals surface area (Å²) in [5.74, 6) is 12.5. The average molecular weight is 958 g/mol. The van der Waals surface area contributed by atoms with E-state index in [0.29, 0.717) is 74.9 Å². The number of ether oxygens (including phenoxy) is 1. The summed E-state index contributed by atoms with van der Waals surface area (Å²) in [5.41, 5.74) is 19.9. The summed E-state index contributed by atoms with van der Waals surface area (Å²) >= 11 is 4.14. The quantitative estimate of drug-likeness (QED) is 0.0131. The van der Waals surface area contributed by atoms with Gasteiger partial charge in [0, 0.05) is 77.1 Å². The van der Waals surface area contributed by atoms with Gasteiger partial charge in [-0.05, 0) is 36.2 Å². The number of anilines is 5. The van der Waals surface area contributed by atoms with E-state index in [2.05, 4.69) is 70.3 Å². The van der Waals surface area contributed by atoms with E-state index in [1.807, 2.05) is 47.8 Å². The number of hydrogen-bond acceptors (Lipinski definition) is 19. The lowest BCUT2D eigenvalue weighted by atomic mass is 10.1. The molecule has 0 spiro atoms. The van der Waals surface area contributed by atoms with Gasteiger partial charge < -0.3 is 32.2 Å². The van der Waals surface area contributed by atoms with E-state index < -0.39 is 11.8 Å². The number of nitrogens with one attached hydrogen (secondary N) is 4. The maximum Gasteiger partial charge on any atom is 0.303 e. The molecular formula is C45H47N15O4S3. The summed E-state index contributed by atoms with van der Waals surface area (Å²) < 4.78 is 5.59. The van der Waals surface area contributed by atoms with Crippen LogP contribution in [0.2, 0.25) is 0 Å². The van der Waals surface area contributed by atoms with Crippen molar-refractivity contribution in [2.24, 2.45) is 21.8 Å². The van der Waals surface area contributed by atoms with Gasteiger partial charge in [0.15, 0.2) is 22.5 Å². The third-order valence-electron chi connectivity index (χ3n) is 9.42. The molecule has 6 aromatic rings. The molecule has 344 valence electrons. The van der Waals surface area contributed by atoms with E-state index in [1.54, 1.807) is 48.0 Å². The van der Waals surface area contributed by atoms with Gasteiger partial charge in [-0.2, -0.15) is 15.2 Å². The van der Waals surface area contributed by atoms with Crippen molar-refractivity contribution in [2.75, 3.05) is 71.6 Å². The van der Waals surface area contributed by atoms with Crippen LogP contribution >= 0.6 is 34.4 Å². The minimum absolute atomic E-state index is 0.137. The fourth-order valence-corrected chi connectivity index (χ4v) is 8.08. The number of thioether (sulfide) groups is 1. The Morgan fingerprint density at radius 3 is 2.45 bits per heavy atom. The Morgan fingerprint density at radius 1 is 0.940 bits per heavy atom. The van der Waals surface area contributed by atoms with E-state index in [-0.39, 0.29) is 37.9 Å². The van der Waals surface area contributed by atoms with E-state index in [4.69, 9.17) is 22.0 Å². The van der Waals surface area contributed by atoms with Crippen molar-refractivity contribution in [3.8, 4) is 23.1 Å². The van der Waals surface area contributed by atoms with Crippen LogP contribution in [0, 0.1) is 11.8 Å². The molecule has 10 N–H and O–H groups in total. The lowest BCUT2D eigenvalue weighted by molar-refractivity contribution is -0.116. The summed E-state index contributed by atoms with van der Waals surface area (Å²) in [7, 11) is 0. The summed E-state index contributed by atoms with van der Waals surface area (Å²) in [4.78, 5) is 56.8. The van der Waals surface area contributed by atoms with Gasteiger partial charge in [-0.15, -0.1) is 22.7 Å². The highest BCUT2D eigenvalue weighted by Gasteiger charge is 2.36. The molecule has 0 atom stereocenters. The summed E-state index contributed by atoms with van der Waals surface area (Å²) in [6.07, 6.45) is 2.61. The Kier molecular flexibility index (Phi) is 16.9. The summed E-state index contributed by atoms with van der Waals surface area (Å²) in [6.45, 7) is 4.31. The number of amides is 3. The second kappa shape index (κ2) is 23.8. The van der Waals surface area contributed by atoms with Gasteiger partial charge in [-0.3, -0.25) is 24.8 Å². The van der Waals surface area contributed by atoms with Gasteiger partial charge in [0.05, 0.1) is 25.5 Å². The third-order valence-corrected chi connectivity index (χ3v) is 12.0. The molecular weight excluding hydrogens is 911 g/mol. The van der Waals surface area contributed by atoms with Crippen LogP contribution < -0.4 is 48.7 Å². The third kappa shape index (κ3) is 13.0. The zero-order chi connectivity index (χ0) is 47.0. The normalized spacial score (nSPS) is 12.6. The first-order valence-electron chi connectivity index (χ1n) is 21.0. The van der Waals surface area contributed by atoms with Crippen molar-refractivity contribution >= 4 is 91.2 Å². The van der Waals surface area contributed by atoms with E-state index in [9.17, 15) is 14.4 Å². The topological polar surface area (TPSA) is 269 Å². The molecule has 3 aromatic carbocycles. The van der Waals surface area contributed by atoms with Crippen LogP contribution in [0.1, 0.15) is 40.4 Å². The predicted molar refractivity (Wildman–Crippen MR) is 266 cm³/mol. The standard InChI is InChI=1S/C45H47N15O4S3/c1-2-25-65-44-54-39(50-19-18-46)36(47)40(55-44)59(48)27-30-10-8-29(9-11-30)12-17-35(61)49-20-23-64-24-21-51-41(62)33-15-13-31(14-16-33)34-28-67-45(53-34)60-42(63)38(56-57-43-52-22-26-66-43)37(58-60)32-6-4-3-5-7-32/h3-11,13-16,22,26,28H,2,18-21,23-25,27,46-48H2,1H3,(H,49,61)(H,51,62)(H,52,57)(H,50,54,55)/b56-38+. The molecule has 67 heavy (non-hydrogen) atoms. The predicted octanol–water partition coefficient (Wildman–Crippen LogP) is 4.53. The molecule has 7 rings (SSSR count). The maximum atomic E-state index is 13.6. The van der Waals surface area contributed by atoms with E-state index in [1.165, 1.54) is 44.5 Å². The largest absolute Gasteiger partial charge is 0.393 e. The number of hydrazine groups is 1. The number of nitrogens with zero attached hydrogens (tertiary/aromatic N) is 8. The maximum absolute atomic E-state index is 13.6. The van der Waals surface area contributed by atoms with Crippen LogP contribution in [0.3, 0.4) is 0 Å². The number of aromatic nitrogens is 4. The molecule has 0 saturated carbocycles. The summed E-state index contributed by atoms with van der Waals surface area (Å²) in [5, 5.41) is 25.5. The highest BCUT2D eigenvalue weighted by Crippen LogP contribution is 2.32. The number of hydrogen-bond donors (Lipinski definition) is 7. The van der Waals surface area contributed by atoms with Crippen LogP contribution in [0.4, 0.5) is 27.6 Å². The van der Waals surface area contributed by atoms with Gasteiger partial charge in [0.25, 0.3) is 11.8 Å². The zero-order valence-electron chi connectivity index (χ0n) is 36.3. The van der Waals surface area contributed by atoms with E-state index >= 15 is 0 Å². The smallest absolute Gasteiger partial charge is 0.303 e. The minimum atomic E-state index is -0.448. The SMILES string of the molecule is CCCSc1nc(NCCN)c(N)c(N(N)Cc2ccc(C#CC(=O)NCCOCCNC(=O)c3ccc(-c4csc(N5N=C(c6ccccc6)/C(=N\Nc6nccs6)C5=O)n4)cc3)cc2)n1. The van der Waals surface area contributed by atoms with Crippen molar-refractivity contribution < 1.29 is 19.1 Å². The Morgan fingerprint density at radius 2 is 1.72 bits per heavy atom. The molecule has 3 amide bonds. The van der Waals surface area contributed by atoms with Crippen LogP contribution in [0.25, 0.3) is 11.3 Å². The Bertz CT molecular complexity index is 2760. The molecule has 0 aliphatic carbocycles. The molecule has 0 saturated heterocycles. The van der Waals surface area contributed by atoms with Gasteiger partial charge in [-0.1, -0.05) is 79.2 Å². The number of hydrazone groups is 2. The highest BCUT2D eigenvalue weighted by molar-refractivity contribution is 7.99. The lowest BCUT2D eigenvalue weighted by Crippen LogP contribution is -2.32. The molecule has 19 nitrogen and oxygen atoms in total. The first-order valence-corrected chi connectivity index (χ1v) is 23.7. The number of carbonyl (C=O) groups excluding carboxylic acids is 3. The monoisotopic (exact) mass is 957 g/mol. The Labute approximate surface area is 398 Å². The van der Waals surface area contributed by atoms with Gasteiger partial charge >= 0.3 is 5.91 Å². The van der Waals surface area contributed by atoms with Crippen LogP contribution in [0.5, 0.6) is 0 Å². The fraction of sp³-hybridized carbons (Fsp3) is 0.222. The van der Waals surface area contributed by atoms with Crippen LogP contribution in [-0.2, 0) is 20.9 Å². The van der Waals surface area contributed by atoms with Crippen molar-refractivity contribution in [1.82, 2.24) is 30.6 Å². The van der Waals surface area contributed by atoms with Crippen LogP contribution in [-0.4, -0.2) is 94.2 Å². The minimum Gasteiger partial charge on any atom is -0.393 e. The molecule has 3 aromatic heterocycles. The average Bonchev–Trinajstić information content (AvgIpc) is 4.13. The van der Waals surface area contributed by atoms with Gasteiger partial charge in [-0.25, -0.2) is 25.8 Å². The van der Waals surface area contributed by atoms with Gasteiger partial charge in [0.2, 0.25) is 10.3 Å². The van der Waals surface area contributed by atoms with Crippen molar-refractivity contribution in [2.45, 2.75) is 25.0 Å². The Hall–Kier alpha value is -7.26. The van der Waals surface area contributed by atoms with Crippen molar-refractivity contribution in [3.05, 3.63) is 118 Å².